The SMILES string of the molecule is c1c[nH]c(C2CCCN(c3cc(C4CC4)nn4cnnc34)C2)n1. The normalized spacial score (nSPS) is 21.9. The van der Waals surface area contributed by atoms with Gasteiger partial charge in [0.15, 0.2) is 0 Å². The van der Waals surface area contributed by atoms with Crippen LogP contribution in [0.1, 0.15) is 49.0 Å². The summed E-state index contributed by atoms with van der Waals surface area (Å²) < 4.78 is 1.83. The highest BCUT2D eigenvalue weighted by molar-refractivity contribution is 5.69. The van der Waals surface area contributed by atoms with Gasteiger partial charge >= 0.3 is 0 Å². The quantitative estimate of drug-likeness (QED) is 0.802. The largest absolute Gasteiger partial charge is 0.368 e. The van der Waals surface area contributed by atoms with Gasteiger partial charge in [0.2, 0.25) is 5.65 Å². The molecular formula is C16H19N7. The molecule has 0 radical (unpaired) electrons. The first-order valence-electron chi connectivity index (χ1n) is 8.33. The van der Waals surface area contributed by atoms with Gasteiger partial charge in [-0.1, -0.05) is 0 Å². The first kappa shape index (κ1) is 13.0. The molecule has 7 heteroatoms. The molecule has 118 valence electrons. The Kier molecular flexibility index (Phi) is 2.86. The highest BCUT2D eigenvalue weighted by Gasteiger charge is 2.29. The zero-order valence-corrected chi connectivity index (χ0v) is 12.9. The fourth-order valence-corrected chi connectivity index (χ4v) is 3.56. The van der Waals surface area contributed by atoms with Gasteiger partial charge in [-0.15, -0.1) is 10.2 Å². The van der Waals surface area contributed by atoms with Crippen molar-refractivity contribution in [3.63, 3.8) is 0 Å². The molecule has 0 spiro atoms. The Morgan fingerprint density at radius 3 is 2.96 bits per heavy atom. The number of rotatable bonds is 3. The maximum Gasteiger partial charge on any atom is 0.200 e. The molecule has 4 heterocycles. The predicted octanol–water partition coefficient (Wildman–Crippen LogP) is 2.11. The van der Waals surface area contributed by atoms with Crippen LogP contribution < -0.4 is 4.90 Å². The molecule has 1 saturated carbocycles. The number of nitrogens with one attached hydrogen (secondary N) is 1. The minimum Gasteiger partial charge on any atom is -0.368 e. The number of hydrogen-bond donors (Lipinski definition) is 1. The molecule has 3 aromatic heterocycles. The Morgan fingerprint density at radius 2 is 2.13 bits per heavy atom. The lowest BCUT2D eigenvalue weighted by Crippen LogP contribution is -2.35. The van der Waals surface area contributed by atoms with Crippen LogP contribution in [0.25, 0.3) is 5.65 Å². The molecular weight excluding hydrogens is 290 g/mol. The summed E-state index contributed by atoms with van der Waals surface area (Å²) in [5, 5.41) is 13.0. The van der Waals surface area contributed by atoms with Crippen molar-refractivity contribution in [2.45, 2.75) is 37.5 Å². The topological polar surface area (TPSA) is 75.0 Å². The predicted molar refractivity (Wildman–Crippen MR) is 85.5 cm³/mol. The molecule has 3 aromatic rings. The summed E-state index contributed by atoms with van der Waals surface area (Å²) in [5.74, 6) is 2.15. The second kappa shape index (κ2) is 5.04. The van der Waals surface area contributed by atoms with Crippen LogP contribution in [0.15, 0.2) is 24.8 Å². The van der Waals surface area contributed by atoms with E-state index in [1.54, 1.807) is 6.33 Å². The van der Waals surface area contributed by atoms with Crippen LogP contribution in [-0.2, 0) is 0 Å². The van der Waals surface area contributed by atoms with Gasteiger partial charge < -0.3 is 9.88 Å². The molecule has 2 fully saturated rings. The Morgan fingerprint density at radius 1 is 1.17 bits per heavy atom. The van der Waals surface area contributed by atoms with Crippen molar-refractivity contribution in [2.24, 2.45) is 0 Å². The number of aromatic amines is 1. The second-order valence-corrected chi connectivity index (χ2v) is 6.59. The van der Waals surface area contributed by atoms with Crippen molar-refractivity contribution in [3.8, 4) is 0 Å². The van der Waals surface area contributed by atoms with Crippen LogP contribution in [0.5, 0.6) is 0 Å². The maximum atomic E-state index is 4.67. The van der Waals surface area contributed by atoms with Gasteiger partial charge in [0, 0.05) is 37.3 Å². The minimum atomic E-state index is 0.444. The molecule has 1 atom stereocenters. The minimum absolute atomic E-state index is 0.444. The van der Waals surface area contributed by atoms with Crippen molar-refractivity contribution in [1.82, 2.24) is 29.8 Å². The molecule has 2 aliphatic rings. The first-order chi connectivity index (χ1) is 11.4. The van der Waals surface area contributed by atoms with E-state index in [0.717, 1.165) is 36.7 Å². The Hall–Kier alpha value is -2.44. The molecule has 23 heavy (non-hydrogen) atoms. The van der Waals surface area contributed by atoms with E-state index in [2.05, 4.69) is 36.2 Å². The Bertz CT molecular complexity index is 818. The van der Waals surface area contributed by atoms with E-state index in [0.29, 0.717) is 11.8 Å². The number of H-pyrrole nitrogens is 1. The van der Waals surface area contributed by atoms with Crippen LogP contribution in [0, 0.1) is 0 Å². The lowest BCUT2D eigenvalue weighted by atomic mass is 9.97. The standard InChI is InChI=1S/C16H19N7/c1-2-12(15-17-5-6-18-15)9-22(7-1)14-8-13(11-3-4-11)21-23-10-19-20-16(14)23/h5-6,8,10-12H,1-4,7,9H2,(H,17,18). The van der Waals surface area contributed by atoms with E-state index < -0.39 is 0 Å². The summed E-state index contributed by atoms with van der Waals surface area (Å²) in [6.45, 7) is 2.01. The zero-order chi connectivity index (χ0) is 15.2. The maximum absolute atomic E-state index is 4.67. The van der Waals surface area contributed by atoms with Crippen molar-refractivity contribution in [2.75, 3.05) is 18.0 Å². The highest BCUT2D eigenvalue weighted by Crippen LogP contribution is 2.41. The molecule has 1 unspecified atom stereocenters. The molecule has 0 aromatic carbocycles. The third kappa shape index (κ3) is 2.27. The monoisotopic (exact) mass is 309 g/mol. The van der Waals surface area contributed by atoms with Gasteiger partial charge in [-0.05, 0) is 31.7 Å². The fourth-order valence-electron chi connectivity index (χ4n) is 3.56. The molecule has 1 saturated heterocycles. The Balaban J connectivity index is 1.52. The molecule has 5 rings (SSSR count). The lowest BCUT2D eigenvalue weighted by molar-refractivity contribution is 0.494. The summed E-state index contributed by atoms with van der Waals surface area (Å²) in [6.07, 6.45) is 10.3. The van der Waals surface area contributed by atoms with E-state index >= 15 is 0 Å². The van der Waals surface area contributed by atoms with Crippen molar-refractivity contribution in [3.05, 3.63) is 36.3 Å². The first-order valence-corrected chi connectivity index (χ1v) is 8.33. The summed E-state index contributed by atoms with van der Waals surface area (Å²) >= 11 is 0. The molecule has 7 nitrogen and oxygen atoms in total. The summed E-state index contributed by atoms with van der Waals surface area (Å²) in [7, 11) is 0. The van der Waals surface area contributed by atoms with Crippen LogP contribution in [0.4, 0.5) is 5.69 Å². The average molecular weight is 309 g/mol. The smallest absolute Gasteiger partial charge is 0.200 e. The van der Waals surface area contributed by atoms with Crippen LogP contribution in [0.2, 0.25) is 0 Å². The van der Waals surface area contributed by atoms with Gasteiger partial charge in [0.25, 0.3) is 0 Å². The van der Waals surface area contributed by atoms with Crippen LogP contribution in [-0.4, -0.2) is 42.9 Å². The lowest BCUT2D eigenvalue weighted by Gasteiger charge is -2.33. The number of anilines is 1. The molecule has 0 amide bonds. The number of nitrogens with zero attached hydrogens (tertiary/aromatic N) is 6. The third-order valence-electron chi connectivity index (χ3n) is 4.93. The van der Waals surface area contributed by atoms with Crippen molar-refractivity contribution in [1.29, 1.82) is 0 Å². The van der Waals surface area contributed by atoms with E-state index in [1.165, 1.54) is 25.0 Å². The summed E-state index contributed by atoms with van der Waals surface area (Å²) in [5.41, 5.74) is 3.19. The number of fused-ring (bicyclic) bond motifs is 1. The van der Waals surface area contributed by atoms with Gasteiger partial charge in [-0.2, -0.15) is 9.61 Å². The van der Waals surface area contributed by atoms with Gasteiger partial charge in [0.1, 0.15) is 12.2 Å². The van der Waals surface area contributed by atoms with Crippen molar-refractivity contribution >= 4 is 11.3 Å². The Labute approximate surface area is 133 Å². The number of piperidine rings is 1. The van der Waals surface area contributed by atoms with E-state index in [9.17, 15) is 0 Å². The van der Waals surface area contributed by atoms with Crippen LogP contribution in [0.3, 0.4) is 0 Å². The van der Waals surface area contributed by atoms with Gasteiger partial charge in [-0.3, -0.25) is 0 Å². The van der Waals surface area contributed by atoms with Crippen molar-refractivity contribution < 1.29 is 0 Å². The zero-order valence-electron chi connectivity index (χ0n) is 12.9. The fraction of sp³-hybridized carbons (Fsp3) is 0.500. The van der Waals surface area contributed by atoms with E-state index in [1.807, 2.05) is 16.9 Å². The molecule has 1 aliphatic carbocycles. The summed E-state index contributed by atoms with van der Waals surface area (Å²) in [6, 6.07) is 2.23. The number of hydrogen-bond acceptors (Lipinski definition) is 5. The molecule has 1 N–H and O–H groups in total. The van der Waals surface area contributed by atoms with E-state index in [4.69, 9.17) is 0 Å². The second-order valence-electron chi connectivity index (χ2n) is 6.59. The van der Waals surface area contributed by atoms with Crippen LogP contribution >= 0.6 is 0 Å². The van der Waals surface area contributed by atoms with Gasteiger partial charge in [0.05, 0.1) is 11.4 Å². The highest BCUT2D eigenvalue weighted by atomic mass is 15.4. The van der Waals surface area contributed by atoms with Gasteiger partial charge in [-0.25, -0.2) is 4.98 Å². The average Bonchev–Trinajstić information content (AvgIpc) is 3.11. The number of aromatic nitrogens is 6. The summed E-state index contributed by atoms with van der Waals surface area (Å²) in [4.78, 5) is 10.1. The molecule has 0 bridgehead atoms. The third-order valence-corrected chi connectivity index (χ3v) is 4.93. The van der Waals surface area contributed by atoms with E-state index in [-0.39, 0.29) is 0 Å². The molecule has 1 aliphatic heterocycles. The number of imidazole rings is 1.